The predicted octanol–water partition coefficient (Wildman–Crippen LogP) is 1.28. The zero-order valence-electron chi connectivity index (χ0n) is 8.45. The number of nitrogens with zero attached hydrogens (tertiary/aromatic N) is 1. The Hall–Kier alpha value is -1.86. The molecule has 0 atom stereocenters. The molecule has 0 radical (unpaired) electrons. The molecule has 1 aromatic carbocycles. The van der Waals surface area contributed by atoms with Crippen LogP contribution in [0.4, 0.5) is 0 Å². The standard InChI is InChI=1S/C11H12N2O2/c1-2-7-3-8(5-12)9(6-13)4-10(7)11(14)15/h3-4H,2,5,12H2,1H3,(H,14,15). The van der Waals surface area contributed by atoms with Crippen molar-refractivity contribution in [1.82, 2.24) is 0 Å². The van der Waals surface area contributed by atoms with Crippen LogP contribution < -0.4 is 5.73 Å². The molecule has 15 heavy (non-hydrogen) atoms. The fourth-order valence-electron chi connectivity index (χ4n) is 1.46. The fraction of sp³-hybridized carbons (Fsp3) is 0.273. The van der Waals surface area contributed by atoms with E-state index in [9.17, 15) is 4.79 Å². The van der Waals surface area contributed by atoms with Gasteiger partial charge in [0.1, 0.15) is 0 Å². The van der Waals surface area contributed by atoms with E-state index >= 15 is 0 Å². The highest BCUT2D eigenvalue weighted by atomic mass is 16.4. The summed E-state index contributed by atoms with van der Waals surface area (Å²) in [6, 6.07) is 5.04. The van der Waals surface area contributed by atoms with Crippen LogP contribution in [0.1, 0.15) is 34.0 Å². The van der Waals surface area contributed by atoms with Crippen molar-refractivity contribution >= 4 is 5.97 Å². The summed E-state index contributed by atoms with van der Waals surface area (Å²) in [5.41, 5.74) is 7.41. The van der Waals surface area contributed by atoms with Crippen LogP contribution in [-0.2, 0) is 13.0 Å². The molecule has 0 unspecified atom stereocenters. The highest BCUT2D eigenvalue weighted by Crippen LogP contribution is 2.17. The quantitative estimate of drug-likeness (QED) is 0.776. The number of carbonyl (C=O) groups is 1. The van der Waals surface area contributed by atoms with Crippen molar-refractivity contribution in [2.75, 3.05) is 0 Å². The lowest BCUT2D eigenvalue weighted by atomic mass is 9.97. The molecule has 1 aromatic rings. The van der Waals surface area contributed by atoms with Gasteiger partial charge in [-0.25, -0.2) is 4.79 Å². The third-order valence-electron chi connectivity index (χ3n) is 2.28. The van der Waals surface area contributed by atoms with Crippen molar-refractivity contribution < 1.29 is 9.90 Å². The Kier molecular flexibility index (Phi) is 3.42. The lowest BCUT2D eigenvalue weighted by Crippen LogP contribution is -2.07. The Balaban J connectivity index is 3.42. The first-order chi connectivity index (χ1) is 7.13. The molecule has 78 valence electrons. The van der Waals surface area contributed by atoms with Gasteiger partial charge in [0.25, 0.3) is 0 Å². The lowest BCUT2D eigenvalue weighted by molar-refractivity contribution is 0.0695. The van der Waals surface area contributed by atoms with Crippen LogP contribution in [-0.4, -0.2) is 11.1 Å². The highest BCUT2D eigenvalue weighted by molar-refractivity contribution is 5.90. The van der Waals surface area contributed by atoms with Crippen LogP contribution in [0, 0.1) is 11.3 Å². The molecule has 0 spiro atoms. The van der Waals surface area contributed by atoms with Gasteiger partial charge in [-0.2, -0.15) is 5.26 Å². The minimum Gasteiger partial charge on any atom is -0.478 e. The first-order valence-corrected chi connectivity index (χ1v) is 4.63. The second-order valence-electron chi connectivity index (χ2n) is 3.14. The van der Waals surface area contributed by atoms with Gasteiger partial charge in [-0.15, -0.1) is 0 Å². The van der Waals surface area contributed by atoms with Crippen molar-refractivity contribution in [1.29, 1.82) is 5.26 Å². The zero-order chi connectivity index (χ0) is 11.4. The smallest absolute Gasteiger partial charge is 0.336 e. The summed E-state index contributed by atoms with van der Waals surface area (Å²) in [5.74, 6) is -1.01. The van der Waals surface area contributed by atoms with Crippen molar-refractivity contribution in [2.45, 2.75) is 19.9 Å². The van der Waals surface area contributed by atoms with Gasteiger partial charge in [0.05, 0.1) is 17.2 Å². The van der Waals surface area contributed by atoms with Crippen molar-refractivity contribution in [3.05, 3.63) is 34.4 Å². The highest BCUT2D eigenvalue weighted by Gasteiger charge is 2.12. The van der Waals surface area contributed by atoms with E-state index in [1.165, 1.54) is 6.07 Å². The summed E-state index contributed by atoms with van der Waals surface area (Å²) < 4.78 is 0. The second kappa shape index (κ2) is 4.58. The molecule has 0 heterocycles. The third-order valence-corrected chi connectivity index (χ3v) is 2.28. The Morgan fingerprint density at radius 2 is 2.20 bits per heavy atom. The van der Waals surface area contributed by atoms with Crippen LogP contribution in [0.25, 0.3) is 0 Å². The summed E-state index contributed by atoms with van der Waals surface area (Å²) >= 11 is 0. The summed E-state index contributed by atoms with van der Waals surface area (Å²) in [5, 5.41) is 17.8. The van der Waals surface area contributed by atoms with Gasteiger partial charge >= 0.3 is 5.97 Å². The maximum Gasteiger partial charge on any atom is 0.336 e. The maximum atomic E-state index is 10.9. The molecule has 0 amide bonds. The Labute approximate surface area is 87.9 Å². The molecule has 1 rings (SSSR count). The molecule has 4 heteroatoms. The van der Waals surface area contributed by atoms with E-state index < -0.39 is 5.97 Å². The number of aromatic carboxylic acids is 1. The minimum absolute atomic E-state index is 0.186. The molecule has 0 bridgehead atoms. The fourth-order valence-corrected chi connectivity index (χ4v) is 1.46. The molecule has 0 aromatic heterocycles. The van der Waals surface area contributed by atoms with E-state index in [1.54, 1.807) is 6.07 Å². The van der Waals surface area contributed by atoms with E-state index in [4.69, 9.17) is 16.1 Å². The number of carboxylic acids is 1. The third kappa shape index (κ3) is 2.14. The summed E-state index contributed by atoms with van der Waals surface area (Å²) in [7, 11) is 0. The van der Waals surface area contributed by atoms with Crippen LogP contribution >= 0.6 is 0 Å². The topological polar surface area (TPSA) is 87.1 Å². The lowest BCUT2D eigenvalue weighted by Gasteiger charge is -2.07. The van der Waals surface area contributed by atoms with Gasteiger partial charge < -0.3 is 10.8 Å². The van der Waals surface area contributed by atoms with Crippen LogP contribution in [0.3, 0.4) is 0 Å². The molecule has 0 saturated heterocycles. The van der Waals surface area contributed by atoms with Crippen molar-refractivity contribution in [2.24, 2.45) is 5.73 Å². The second-order valence-corrected chi connectivity index (χ2v) is 3.14. The SMILES string of the molecule is CCc1cc(CN)c(C#N)cc1C(=O)O. The number of hydrogen-bond donors (Lipinski definition) is 2. The van der Waals surface area contributed by atoms with Gasteiger partial charge in [-0.1, -0.05) is 13.0 Å². The maximum absolute atomic E-state index is 10.9. The van der Waals surface area contributed by atoms with Crippen LogP contribution in [0.15, 0.2) is 12.1 Å². The summed E-state index contributed by atoms with van der Waals surface area (Å²) in [6.07, 6.45) is 0.611. The first kappa shape index (κ1) is 11.2. The molecule has 0 saturated carbocycles. The predicted molar refractivity (Wildman–Crippen MR) is 55.4 cm³/mol. The molecule has 3 N–H and O–H groups in total. The van der Waals surface area contributed by atoms with E-state index in [2.05, 4.69) is 0 Å². The number of hydrogen-bond acceptors (Lipinski definition) is 3. The van der Waals surface area contributed by atoms with Crippen LogP contribution in [0.5, 0.6) is 0 Å². The largest absolute Gasteiger partial charge is 0.478 e. The van der Waals surface area contributed by atoms with Gasteiger partial charge in [0, 0.05) is 6.54 Å². The van der Waals surface area contributed by atoms with E-state index in [0.29, 0.717) is 23.1 Å². The molecule has 0 aliphatic carbocycles. The summed E-state index contributed by atoms with van der Waals surface area (Å²) in [4.78, 5) is 10.9. The average Bonchev–Trinajstić information content (AvgIpc) is 2.26. The average molecular weight is 204 g/mol. The van der Waals surface area contributed by atoms with E-state index in [1.807, 2.05) is 13.0 Å². The molecular formula is C11H12N2O2. The monoisotopic (exact) mass is 204 g/mol. The van der Waals surface area contributed by atoms with Crippen molar-refractivity contribution in [3.63, 3.8) is 0 Å². The normalized spacial score (nSPS) is 9.67. The molecular weight excluding hydrogens is 192 g/mol. The van der Waals surface area contributed by atoms with Crippen molar-refractivity contribution in [3.8, 4) is 6.07 Å². The molecule has 0 aliphatic heterocycles. The molecule has 0 fully saturated rings. The van der Waals surface area contributed by atoms with Gasteiger partial charge in [-0.3, -0.25) is 0 Å². The number of nitrogens with two attached hydrogens (primary N) is 1. The van der Waals surface area contributed by atoms with E-state index in [0.717, 1.165) is 0 Å². The van der Waals surface area contributed by atoms with Gasteiger partial charge in [-0.05, 0) is 23.6 Å². The number of aryl methyl sites for hydroxylation is 1. The Bertz CT molecular complexity index is 433. The van der Waals surface area contributed by atoms with Gasteiger partial charge in [0.2, 0.25) is 0 Å². The van der Waals surface area contributed by atoms with Gasteiger partial charge in [0.15, 0.2) is 0 Å². The number of benzene rings is 1. The first-order valence-electron chi connectivity index (χ1n) is 4.63. The molecule has 4 nitrogen and oxygen atoms in total. The van der Waals surface area contributed by atoms with E-state index in [-0.39, 0.29) is 12.1 Å². The minimum atomic E-state index is -1.01. The van der Waals surface area contributed by atoms with Crippen LogP contribution in [0.2, 0.25) is 0 Å². The number of rotatable bonds is 3. The number of nitriles is 1. The Morgan fingerprint density at radius 1 is 1.53 bits per heavy atom. The zero-order valence-corrected chi connectivity index (χ0v) is 8.45. The molecule has 0 aliphatic rings. The Morgan fingerprint density at radius 3 is 2.60 bits per heavy atom. The number of carboxylic acid groups (broad SMARTS) is 1. The summed E-state index contributed by atoms with van der Waals surface area (Å²) in [6.45, 7) is 2.11.